The van der Waals surface area contributed by atoms with E-state index in [1.54, 1.807) is 0 Å². The van der Waals surface area contributed by atoms with Gasteiger partial charge in [0.15, 0.2) is 0 Å². The van der Waals surface area contributed by atoms with Crippen molar-refractivity contribution < 1.29 is 18.4 Å². The molecule has 118 valence electrons. The summed E-state index contributed by atoms with van der Waals surface area (Å²) in [5.41, 5.74) is 5.20. The smallest absolute Gasteiger partial charge is 0.240 e. The number of hydrogen-bond donors (Lipinski definition) is 1. The molecule has 0 aromatic heterocycles. The monoisotopic (exact) mass is 308 g/mol. The number of carbonyl (C=O) groups is 2. The molecule has 0 radical (unpaired) electrons. The number of anilines is 1. The molecule has 1 aromatic rings. The van der Waals surface area contributed by atoms with Crippen molar-refractivity contribution in [2.24, 2.45) is 11.1 Å². The van der Waals surface area contributed by atoms with Crippen molar-refractivity contribution in [2.75, 3.05) is 4.90 Å². The second-order valence-electron chi connectivity index (χ2n) is 6.23. The molecule has 1 aliphatic heterocycles. The summed E-state index contributed by atoms with van der Waals surface area (Å²) in [6, 6.07) is 4.65. The minimum absolute atomic E-state index is 0.199. The third kappa shape index (κ3) is 2.36. The van der Waals surface area contributed by atoms with E-state index in [4.69, 9.17) is 5.73 Å². The van der Waals surface area contributed by atoms with Gasteiger partial charge < -0.3 is 5.73 Å². The van der Waals surface area contributed by atoms with Crippen LogP contribution in [0.2, 0.25) is 0 Å². The van der Waals surface area contributed by atoms with Gasteiger partial charge in [-0.3, -0.25) is 14.5 Å². The van der Waals surface area contributed by atoms with Gasteiger partial charge in [0, 0.05) is 5.69 Å². The quantitative estimate of drug-likeness (QED) is 0.911. The van der Waals surface area contributed by atoms with Gasteiger partial charge in [0.25, 0.3) is 0 Å². The normalized spacial score (nSPS) is 31.7. The summed E-state index contributed by atoms with van der Waals surface area (Å²) < 4.78 is 26.5. The first-order chi connectivity index (χ1) is 10.4. The molecule has 2 N–H and O–H groups in total. The van der Waals surface area contributed by atoms with Gasteiger partial charge in [-0.05, 0) is 56.4 Å². The Morgan fingerprint density at radius 3 is 2.36 bits per heavy atom. The molecular formula is C16H18F2N2O2. The van der Waals surface area contributed by atoms with E-state index >= 15 is 0 Å². The molecule has 1 saturated carbocycles. The zero-order valence-corrected chi connectivity index (χ0v) is 12.1. The molecule has 1 unspecified atom stereocenters. The van der Waals surface area contributed by atoms with E-state index in [0.717, 1.165) is 0 Å². The molecular weight excluding hydrogens is 290 g/mol. The molecule has 1 spiro atoms. The van der Waals surface area contributed by atoms with Crippen LogP contribution in [0.15, 0.2) is 24.3 Å². The maximum Gasteiger partial charge on any atom is 0.240 e. The maximum atomic E-state index is 13.4. The fraction of sp³-hybridized carbons (Fsp3) is 0.500. The highest BCUT2D eigenvalue weighted by molar-refractivity contribution is 6.06. The van der Waals surface area contributed by atoms with Crippen molar-refractivity contribution in [3.05, 3.63) is 30.1 Å². The number of alkyl halides is 1. The summed E-state index contributed by atoms with van der Waals surface area (Å²) in [5.74, 6) is -1.20. The van der Waals surface area contributed by atoms with Gasteiger partial charge in [-0.25, -0.2) is 8.78 Å². The van der Waals surface area contributed by atoms with Crippen molar-refractivity contribution in [1.29, 1.82) is 0 Å². The molecule has 2 amide bonds. The highest BCUT2D eigenvalue weighted by Gasteiger charge is 2.54. The molecule has 1 heterocycles. The van der Waals surface area contributed by atoms with Crippen LogP contribution in [0.25, 0.3) is 0 Å². The Balaban J connectivity index is 1.95. The minimum Gasteiger partial charge on any atom is -0.368 e. The summed E-state index contributed by atoms with van der Waals surface area (Å²) in [4.78, 5) is 26.0. The van der Waals surface area contributed by atoms with Crippen LogP contribution in [0.4, 0.5) is 14.5 Å². The first kappa shape index (κ1) is 14.9. The Labute approximate surface area is 127 Å². The lowest BCUT2D eigenvalue weighted by atomic mass is 9.71. The van der Waals surface area contributed by atoms with Crippen LogP contribution in [0, 0.1) is 11.2 Å². The van der Waals surface area contributed by atoms with Gasteiger partial charge in [-0.2, -0.15) is 0 Å². The van der Waals surface area contributed by atoms with Crippen LogP contribution >= 0.6 is 0 Å². The predicted molar refractivity (Wildman–Crippen MR) is 77.3 cm³/mol. The first-order valence-electron chi connectivity index (χ1n) is 7.45. The van der Waals surface area contributed by atoms with Crippen LogP contribution in [-0.2, 0) is 9.59 Å². The summed E-state index contributed by atoms with van der Waals surface area (Å²) in [7, 11) is 0. The number of halogens is 2. The molecule has 0 bridgehead atoms. The SMILES string of the molecule is NC(=O)C1CC2(CCC(F)CC2)C(=O)N1c1ccc(F)cc1. The van der Waals surface area contributed by atoms with Gasteiger partial charge in [0.2, 0.25) is 11.8 Å². The molecule has 1 atom stereocenters. The van der Waals surface area contributed by atoms with E-state index in [-0.39, 0.29) is 5.91 Å². The van der Waals surface area contributed by atoms with E-state index in [0.29, 0.717) is 37.8 Å². The topological polar surface area (TPSA) is 63.4 Å². The molecule has 6 heteroatoms. The summed E-state index contributed by atoms with van der Waals surface area (Å²) in [5, 5.41) is 0. The Morgan fingerprint density at radius 2 is 1.82 bits per heavy atom. The Kier molecular flexibility index (Phi) is 3.62. The third-order valence-electron chi connectivity index (χ3n) is 4.87. The van der Waals surface area contributed by atoms with E-state index in [2.05, 4.69) is 0 Å². The number of carbonyl (C=O) groups excluding carboxylic acids is 2. The van der Waals surface area contributed by atoms with Crippen LogP contribution < -0.4 is 10.6 Å². The maximum absolute atomic E-state index is 13.4. The highest BCUT2D eigenvalue weighted by Crippen LogP contribution is 2.49. The number of nitrogens with zero attached hydrogens (tertiary/aromatic N) is 1. The van der Waals surface area contributed by atoms with E-state index in [1.165, 1.54) is 29.2 Å². The number of rotatable bonds is 2. The third-order valence-corrected chi connectivity index (χ3v) is 4.87. The predicted octanol–water partition coefficient (Wildman–Crippen LogP) is 2.31. The van der Waals surface area contributed by atoms with Crippen LogP contribution in [0.3, 0.4) is 0 Å². The van der Waals surface area contributed by atoms with Crippen LogP contribution in [0.5, 0.6) is 0 Å². The van der Waals surface area contributed by atoms with Crippen molar-refractivity contribution in [3.63, 3.8) is 0 Å². The second kappa shape index (κ2) is 5.34. The largest absolute Gasteiger partial charge is 0.368 e. The van der Waals surface area contributed by atoms with Gasteiger partial charge in [-0.1, -0.05) is 0 Å². The van der Waals surface area contributed by atoms with Gasteiger partial charge in [0.1, 0.15) is 18.0 Å². The lowest BCUT2D eigenvalue weighted by molar-refractivity contribution is -0.128. The van der Waals surface area contributed by atoms with E-state index in [1.807, 2.05) is 0 Å². The summed E-state index contributed by atoms with van der Waals surface area (Å²) in [6.45, 7) is 0. The Morgan fingerprint density at radius 1 is 1.23 bits per heavy atom. The molecule has 1 aromatic carbocycles. The van der Waals surface area contributed by atoms with E-state index < -0.39 is 29.4 Å². The fourth-order valence-electron chi connectivity index (χ4n) is 3.63. The molecule has 2 aliphatic rings. The molecule has 22 heavy (non-hydrogen) atoms. The molecule has 3 rings (SSSR count). The molecule has 4 nitrogen and oxygen atoms in total. The van der Waals surface area contributed by atoms with E-state index in [9.17, 15) is 18.4 Å². The average Bonchev–Trinajstić information content (AvgIpc) is 2.77. The minimum atomic E-state index is -0.884. The zero-order chi connectivity index (χ0) is 15.9. The number of primary amides is 1. The van der Waals surface area contributed by atoms with Crippen LogP contribution in [-0.4, -0.2) is 24.0 Å². The number of amides is 2. The average molecular weight is 308 g/mol. The second-order valence-corrected chi connectivity index (χ2v) is 6.23. The number of nitrogens with two attached hydrogens (primary N) is 1. The van der Waals surface area contributed by atoms with Gasteiger partial charge in [0.05, 0.1) is 5.41 Å². The highest BCUT2D eigenvalue weighted by atomic mass is 19.1. The standard InChI is InChI=1S/C16H18F2N2O2/c17-10-1-3-12(4-2-10)20-13(14(19)21)9-16(15(20)22)7-5-11(18)6-8-16/h1-4,11,13H,5-9H2,(H2,19,21). The molecule has 2 fully saturated rings. The fourth-order valence-corrected chi connectivity index (χ4v) is 3.63. The molecule has 1 aliphatic carbocycles. The van der Waals surface area contributed by atoms with Crippen molar-refractivity contribution in [3.8, 4) is 0 Å². The van der Waals surface area contributed by atoms with Crippen molar-refractivity contribution in [1.82, 2.24) is 0 Å². The van der Waals surface area contributed by atoms with Crippen molar-refractivity contribution in [2.45, 2.75) is 44.3 Å². The number of hydrogen-bond acceptors (Lipinski definition) is 2. The first-order valence-corrected chi connectivity index (χ1v) is 7.45. The molecule has 1 saturated heterocycles. The summed E-state index contributed by atoms with van der Waals surface area (Å²) >= 11 is 0. The van der Waals surface area contributed by atoms with Crippen molar-refractivity contribution >= 4 is 17.5 Å². The lowest BCUT2D eigenvalue weighted by Gasteiger charge is -2.32. The van der Waals surface area contributed by atoms with Gasteiger partial charge >= 0.3 is 0 Å². The van der Waals surface area contributed by atoms with Crippen LogP contribution in [0.1, 0.15) is 32.1 Å². The summed E-state index contributed by atoms with van der Waals surface area (Å²) in [6.07, 6.45) is 0.933. The number of benzene rings is 1. The lowest BCUT2D eigenvalue weighted by Crippen LogP contribution is -2.43. The Bertz CT molecular complexity index is 595. The zero-order valence-electron chi connectivity index (χ0n) is 12.1. The Hall–Kier alpha value is -1.98. The van der Waals surface area contributed by atoms with Gasteiger partial charge in [-0.15, -0.1) is 0 Å².